The number of carboxylic acid groups (broad SMARTS) is 1. The zero-order chi connectivity index (χ0) is 14.5. The van der Waals surface area contributed by atoms with Gasteiger partial charge < -0.3 is 15.2 Å². The standard InChI is InChI=1S/C14H25NO4/c1-14(2,3)19-13(18)15-11(12(16)17)10-8-6-4-5-7-9-10/h10-11H,4-9H2,1-3H3,(H,15,18)(H,16,17)/t11-/m1/s1. The van der Waals surface area contributed by atoms with Crippen molar-refractivity contribution in [3.63, 3.8) is 0 Å². The molecule has 0 heterocycles. The van der Waals surface area contributed by atoms with Gasteiger partial charge in [-0.3, -0.25) is 0 Å². The van der Waals surface area contributed by atoms with Gasteiger partial charge in [-0.1, -0.05) is 25.7 Å². The highest BCUT2D eigenvalue weighted by atomic mass is 16.6. The molecule has 0 radical (unpaired) electrons. The minimum atomic E-state index is -0.974. The largest absolute Gasteiger partial charge is 0.480 e. The first kappa shape index (κ1) is 15.8. The van der Waals surface area contributed by atoms with Crippen LogP contribution in [0.25, 0.3) is 0 Å². The quantitative estimate of drug-likeness (QED) is 0.774. The number of alkyl carbamates (subject to hydrolysis) is 1. The van der Waals surface area contributed by atoms with E-state index in [1.54, 1.807) is 20.8 Å². The average molecular weight is 271 g/mol. The molecule has 0 aromatic rings. The first-order valence-corrected chi connectivity index (χ1v) is 7.02. The Morgan fingerprint density at radius 1 is 1.16 bits per heavy atom. The lowest BCUT2D eigenvalue weighted by molar-refractivity contribution is -0.141. The van der Waals surface area contributed by atoms with Crippen molar-refractivity contribution in [3.05, 3.63) is 0 Å². The number of amides is 1. The van der Waals surface area contributed by atoms with E-state index < -0.39 is 23.7 Å². The molecule has 5 nitrogen and oxygen atoms in total. The maximum atomic E-state index is 11.7. The fraction of sp³-hybridized carbons (Fsp3) is 0.857. The van der Waals surface area contributed by atoms with E-state index in [9.17, 15) is 14.7 Å². The van der Waals surface area contributed by atoms with Gasteiger partial charge in [0.1, 0.15) is 11.6 Å². The number of aliphatic carboxylic acids is 1. The van der Waals surface area contributed by atoms with Crippen molar-refractivity contribution in [2.75, 3.05) is 0 Å². The SMILES string of the molecule is CC(C)(C)OC(=O)N[C@@H](C(=O)O)C1CCCCCC1. The second kappa shape index (κ2) is 6.78. The maximum Gasteiger partial charge on any atom is 0.408 e. The molecule has 5 heteroatoms. The Kier molecular flexibility index (Phi) is 5.63. The Hall–Kier alpha value is -1.26. The Labute approximate surface area is 114 Å². The normalized spacial score (nSPS) is 19.3. The highest BCUT2D eigenvalue weighted by Crippen LogP contribution is 2.26. The molecular formula is C14H25NO4. The summed E-state index contributed by atoms with van der Waals surface area (Å²) in [5.41, 5.74) is -0.614. The number of hydrogen-bond acceptors (Lipinski definition) is 3. The first-order valence-electron chi connectivity index (χ1n) is 7.02. The number of ether oxygens (including phenoxy) is 1. The van der Waals surface area contributed by atoms with Gasteiger partial charge in [-0.25, -0.2) is 9.59 Å². The lowest BCUT2D eigenvalue weighted by atomic mass is 9.92. The minimum absolute atomic E-state index is 0.00696. The van der Waals surface area contributed by atoms with Crippen LogP contribution in [0.1, 0.15) is 59.3 Å². The summed E-state index contributed by atoms with van der Waals surface area (Å²) in [4.78, 5) is 23.0. The number of hydrogen-bond donors (Lipinski definition) is 2. The summed E-state index contributed by atoms with van der Waals surface area (Å²) >= 11 is 0. The zero-order valence-corrected chi connectivity index (χ0v) is 12.1. The Morgan fingerprint density at radius 3 is 2.11 bits per heavy atom. The van der Waals surface area contributed by atoms with Crippen molar-refractivity contribution in [3.8, 4) is 0 Å². The smallest absolute Gasteiger partial charge is 0.408 e. The lowest BCUT2D eigenvalue weighted by Gasteiger charge is -2.26. The molecule has 1 amide bonds. The van der Waals surface area contributed by atoms with E-state index in [2.05, 4.69) is 5.32 Å². The van der Waals surface area contributed by atoms with Crippen molar-refractivity contribution in [2.45, 2.75) is 70.9 Å². The summed E-state index contributed by atoms with van der Waals surface area (Å²) in [7, 11) is 0. The third-order valence-electron chi connectivity index (χ3n) is 3.31. The fourth-order valence-electron chi connectivity index (χ4n) is 2.46. The Morgan fingerprint density at radius 2 is 1.68 bits per heavy atom. The zero-order valence-electron chi connectivity index (χ0n) is 12.1. The van der Waals surface area contributed by atoms with E-state index in [0.717, 1.165) is 38.5 Å². The molecule has 0 bridgehead atoms. The predicted molar refractivity (Wildman–Crippen MR) is 72.0 cm³/mol. The van der Waals surface area contributed by atoms with Crippen molar-refractivity contribution < 1.29 is 19.4 Å². The highest BCUT2D eigenvalue weighted by molar-refractivity contribution is 5.80. The molecule has 19 heavy (non-hydrogen) atoms. The van der Waals surface area contributed by atoms with Gasteiger partial charge >= 0.3 is 12.1 Å². The molecule has 2 N–H and O–H groups in total. The molecule has 0 spiro atoms. The monoisotopic (exact) mass is 271 g/mol. The summed E-state index contributed by atoms with van der Waals surface area (Å²) in [6, 6.07) is -0.840. The summed E-state index contributed by atoms with van der Waals surface area (Å²) in [6.07, 6.45) is 5.42. The molecule has 1 rings (SSSR count). The number of carboxylic acids is 1. The predicted octanol–water partition coefficient (Wildman–Crippen LogP) is 2.93. The van der Waals surface area contributed by atoms with E-state index in [4.69, 9.17) is 4.74 Å². The fourth-order valence-corrected chi connectivity index (χ4v) is 2.46. The van der Waals surface area contributed by atoms with Gasteiger partial charge in [-0.15, -0.1) is 0 Å². The molecule has 1 atom stereocenters. The van der Waals surface area contributed by atoms with Crippen LogP contribution < -0.4 is 5.32 Å². The maximum absolute atomic E-state index is 11.7. The van der Waals surface area contributed by atoms with Gasteiger partial charge in [0.15, 0.2) is 0 Å². The molecule has 0 aliphatic heterocycles. The minimum Gasteiger partial charge on any atom is -0.480 e. The molecule has 0 saturated heterocycles. The van der Waals surface area contributed by atoms with Crippen LogP contribution in [0, 0.1) is 5.92 Å². The third-order valence-corrected chi connectivity index (χ3v) is 3.31. The Bertz CT molecular complexity index is 314. The molecule has 0 unspecified atom stereocenters. The molecule has 0 aromatic carbocycles. The van der Waals surface area contributed by atoms with Crippen LogP contribution in [-0.2, 0) is 9.53 Å². The molecule has 110 valence electrons. The van der Waals surface area contributed by atoms with Gasteiger partial charge in [-0.05, 0) is 39.5 Å². The van der Waals surface area contributed by atoms with E-state index in [0.29, 0.717) is 0 Å². The van der Waals surface area contributed by atoms with Crippen LogP contribution >= 0.6 is 0 Å². The van der Waals surface area contributed by atoms with Crippen LogP contribution in [0.15, 0.2) is 0 Å². The van der Waals surface area contributed by atoms with Crippen LogP contribution in [0.4, 0.5) is 4.79 Å². The van der Waals surface area contributed by atoms with Gasteiger partial charge in [-0.2, -0.15) is 0 Å². The van der Waals surface area contributed by atoms with E-state index in [1.165, 1.54) is 0 Å². The van der Waals surface area contributed by atoms with Crippen molar-refractivity contribution in [1.82, 2.24) is 5.32 Å². The number of carbonyl (C=O) groups is 2. The summed E-state index contributed by atoms with van der Waals surface area (Å²) in [5.74, 6) is -0.967. The van der Waals surface area contributed by atoms with Crippen molar-refractivity contribution in [1.29, 1.82) is 0 Å². The summed E-state index contributed by atoms with van der Waals surface area (Å²) in [6.45, 7) is 5.27. The van der Waals surface area contributed by atoms with Gasteiger partial charge in [0, 0.05) is 0 Å². The van der Waals surface area contributed by atoms with E-state index in [-0.39, 0.29) is 5.92 Å². The van der Waals surface area contributed by atoms with Gasteiger partial charge in [0.25, 0.3) is 0 Å². The van der Waals surface area contributed by atoms with Gasteiger partial charge in [0.2, 0.25) is 0 Å². The lowest BCUT2D eigenvalue weighted by Crippen LogP contribution is -2.47. The summed E-state index contributed by atoms with van der Waals surface area (Å²) < 4.78 is 5.13. The molecule has 1 aliphatic rings. The Balaban J connectivity index is 2.61. The van der Waals surface area contributed by atoms with Crippen molar-refractivity contribution >= 4 is 12.1 Å². The van der Waals surface area contributed by atoms with Crippen LogP contribution in [-0.4, -0.2) is 28.8 Å². The molecule has 1 aliphatic carbocycles. The van der Waals surface area contributed by atoms with Crippen LogP contribution in [0.2, 0.25) is 0 Å². The molecule has 0 aromatic heterocycles. The number of carbonyl (C=O) groups excluding carboxylic acids is 1. The summed E-state index contributed by atoms with van der Waals surface area (Å²) in [5, 5.41) is 11.8. The first-order chi connectivity index (χ1) is 8.79. The van der Waals surface area contributed by atoms with E-state index >= 15 is 0 Å². The average Bonchev–Trinajstić information content (AvgIpc) is 2.51. The van der Waals surface area contributed by atoms with Crippen LogP contribution in [0.5, 0.6) is 0 Å². The van der Waals surface area contributed by atoms with Crippen LogP contribution in [0.3, 0.4) is 0 Å². The van der Waals surface area contributed by atoms with E-state index in [1.807, 2.05) is 0 Å². The molecule has 1 saturated carbocycles. The topological polar surface area (TPSA) is 75.6 Å². The van der Waals surface area contributed by atoms with Crippen molar-refractivity contribution in [2.24, 2.45) is 5.92 Å². The molecular weight excluding hydrogens is 246 g/mol. The number of nitrogens with one attached hydrogen (secondary N) is 1. The van der Waals surface area contributed by atoms with Gasteiger partial charge in [0.05, 0.1) is 0 Å². The second-order valence-corrected chi connectivity index (χ2v) is 6.21. The highest BCUT2D eigenvalue weighted by Gasteiger charge is 2.31. The molecule has 1 fully saturated rings. The third kappa shape index (κ3) is 5.94. The number of rotatable bonds is 3. The second-order valence-electron chi connectivity index (χ2n) is 6.21.